The second-order valence-corrected chi connectivity index (χ2v) is 10.7. The number of phenols is 1. The second kappa shape index (κ2) is 9.36. The van der Waals surface area contributed by atoms with E-state index in [4.69, 9.17) is 9.47 Å². The van der Waals surface area contributed by atoms with Crippen molar-refractivity contribution >= 4 is 27.5 Å². The lowest BCUT2D eigenvalue weighted by atomic mass is 9.77. The SMILES string of the molecule is O=C1OC2(c3ccccc31)c1cc(F)c(O)c(F)c1Oc1c2cc(F)c(OS(=O)(=O)c2ccc([N+](=O)[O-])cc2[N+](=O)[O-])c1F. The third-order valence-corrected chi connectivity index (χ3v) is 8.10. The number of fused-ring (bicyclic) bond motifs is 6. The fraction of sp³-hybridized carbons (Fsp3) is 0.0385. The molecule has 2 aliphatic heterocycles. The number of rotatable bonds is 5. The van der Waals surface area contributed by atoms with E-state index in [0.29, 0.717) is 24.3 Å². The number of carbonyl (C=O) groups is 1. The number of nitro benzene ring substituents is 2. The fourth-order valence-corrected chi connectivity index (χ4v) is 6.05. The normalized spacial score (nSPS) is 16.4. The Hall–Kier alpha value is -5.78. The van der Waals surface area contributed by atoms with E-state index in [-0.39, 0.29) is 17.2 Å². The molecule has 0 saturated carbocycles. The van der Waals surface area contributed by atoms with Gasteiger partial charge in [0.2, 0.25) is 17.4 Å². The van der Waals surface area contributed by atoms with Crippen molar-refractivity contribution < 1.29 is 59.4 Å². The van der Waals surface area contributed by atoms with E-state index in [1.807, 2.05) is 0 Å². The molecule has 1 atom stereocenters. The van der Waals surface area contributed by atoms with Crippen LogP contribution in [0.2, 0.25) is 0 Å². The van der Waals surface area contributed by atoms with Crippen LogP contribution >= 0.6 is 0 Å². The summed E-state index contributed by atoms with van der Waals surface area (Å²) in [7, 11) is -5.52. The monoisotopic (exact) mass is 634 g/mol. The predicted molar refractivity (Wildman–Crippen MR) is 134 cm³/mol. The highest BCUT2D eigenvalue weighted by molar-refractivity contribution is 7.87. The van der Waals surface area contributed by atoms with Gasteiger partial charge in [0.25, 0.3) is 11.4 Å². The van der Waals surface area contributed by atoms with Gasteiger partial charge in [-0.05, 0) is 24.3 Å². The highest BCUT2D eigenvalue weighted by Gasteiger charge is 2.56. The van der Waals surface area contributed by atoms with Crippen LogP contribution in [-0.4, -0.2) is 29.3 Å². The van der Waals surface area contributed by atoms with Crippen molar-refractivity contribution in [1.29, 1.82) is 0 Å². The first kappa shape index (κ1) is 28.3. The summed E-state index contributed by atoms with van der Waals surface area (Å²) in [6, 6.07) is 7.44. The van der Waals surface area contributed by atoms with Crippen LogP contribution in [0.3, 0.4) is 0 Å². The average molecular weight is 634 g/mol. The maximum absolute atomic E-state index is 16.0. The summed E-state index contributed by atoms with van der Waals surface area (Å²) in [6.45, 7) is 0. The fourth-order valence-electron chi connectivity index (χ4n) is 4.97. The van der Waals surface area contributed by atoms with Crippen molar-refractivity contribution in [2.24, 2.45) is 0 Å². The number of phenolic OH excluding ortho intramolecular Hbond substituents is 1. The van der Waals surface area contributed by atoms with Crippen LogP contribution in [0.25, 0.3) is 0 Å². The van der Waals surface area contributed by atoms with Gasteiger partial charge >= 0.3 is 16.1 Å². The molecule has 13 nitrogen and oxygen atoms in total. The lowest BCUT2D eigenvalue weighted by molar-refractivity contribution is -0.396. The zero-order valence-electron chi connectivity index (χ0n) is 21.0. The van der Waals surface area contributed by atoms with Crippen LogP contribution < -0.4 is 8.92 Å². The number of non-ortho nitro benzene ring substituents is 1. The Morgan fingerprint density at radius 1 is 0.841 bits per heavy atom. The number of hydrogen-bond acceptors (Lipinski definition) is 11. The summed E-state index contributed by atoms with van der Waals surface area (Å²) >= 11 is 0. The number of nitro groups is 2. The van der Waals surface area contributed by atoms with Gasteiger partial charge in [-0.15, -0.1) is 0 Å². The van der Waals surface area contributed by atoms with Crippen LogP contribution in [0, 0.1) is 43.5 Å². The van der Waals surface area contributed by atoms with Crippen molar-refractivity contribution in [2.75, 3.05) is 0 Å². The summed E-state index contributed by atoms with van der Waals surface area (Å²) < 4.78 is 103. The van der Waals surface area contributed by atoms with Crippen molar-refractivity contribution in [1.82, 2.24) is 0 Å². The molecule has 4 aromatic rings. The van der Waals surface area contributed by atoms with Crippen molar-refractivity contribution in [3.05, 3.63) is 120 Å². The molecule has 0 radical (unpaired) electrons. The van der Waals surface area contributed by atoms with Crippen molar-refractivity contribution in [3.8, 4) is 23.0 Å². The quantitative estimate of drug-likeness (QED) is 0.101. The Balaban J connectivity index is 1.58. The van der Waals surface area contributed by atoms with Crippen LogP contribution in [0.15, 0.2) is 59.5 Å². The zero-order chi connectivity index (χ0) is 31.9. The van der Waals surface area contributed by atoms with Crippen molar-refractivity contribution in [2.45, 2.75) is 10.5 Å². The standard InChI is InChI=1S/C26H10F4N2O11S/c27-15-8-13-22(19(29)21(15)33)41-23-14(26(13)12-4-2-1-3-11(12)25(34)42-26)9-16(28)24(20(23)30)43-44(39,40)18-6-5-10(31(35)36)7-17(18)32(37)38/h1-9,33H. The summed E-state index contributed by atoms with van der Waals surface area (Å²) in [5, 5.41) is 32.3. The highest BCUT2D eigenvalue weighted by atomic mass is 32.2. The van der Waals surface area contributed by atoms with E-state index in [0.717, 1.165) is 0 Å². The van der Waals surface area contributed by atoms with E-state index in [2.05, 4.69) is 4.18 Å². The molecule has 1 spiro atoms. The third-order valence-electron chi connectivity index (χ3n) is 6.83. The Labute approximate surface area is 240 Å². The number of esters is 1. The molecule has 0 amide bonds. The summed E-state index contributed by atoms with van der Waals surface area (Å²) in [5.41, 5.74) is -6.39. The van der Waals surface area contributed by atoms with Gasteiger partial charge in [0.15, 0.2) is 39.4 Å². The molecule has 0 aromatic heterocycles. The number of nitrogens with zero attached hydrogens (tertiary/aromatic N) is 2. The zero-order valence-corrected chi connectivity index (χ0v) is 21.9. The molecule has 44 heavy (non-hydrogen) atoms. The van der Waals surface area contributed by atoms with E-state index in [1.165, 1.54) is 24.3 Å². The first-order valence-electron chi connectivity index (χ1n) is 11.8. The van der Waals surface area contributed by atoms with Crippen LogP contribution in [0.5, 0.6) is 23.0 Å². The molecule has 2 heterocycles. The van der Waals surface area contributed by atoms with E-state index in [9.17, 15) is 42.9 Å². The molecule has 0 bridgehead atoms. The number of halogens is 4. The Kier molecular flexibility index (Phi) is 6.03. The van der Waals surface area contributed by atoms with E-state index in [1.54, 1.807) is 0 Å². The minimum atomic E-state index is -5.52. The third kappa shape index (κ3) is 3.84. The maximum atomic E-state index is 16.0. The Morgan fingerprint density at radius 2 is 1.48 bits per heavy atom. The van der Waals surface area contributed by atoms with E-state index < -0.39 is 105 Å². The van der Waals surface area contributed by atoms with Gasteiger partial charge in [0.05, 0.1) is 32.6 Å². The molecule has 224 valence electrons. The lowest BCUT2D eigenvalue weighted by Gasteiger charge is -2.37. The molecule has 0 fully saturated rings. The van der Waals surface area contributed by atoms with Gasteiger partial charge in [-0.2, -0.15) is 17.2 Å². The van der Waals surface area contributed by atoms with Crippen LogP contribution in [0.1, 0.15) is 27.0 Å². The topological polar surface area (TPSA) is 185 Å². The molecular weight excluding hydrogens is 624 g/mol. The van der Waals surface area contributed by atoms with Crippen molar-refractivity contribution in [3.63, 3.8) is 0 Å². The molecule has 0 aliphatic carbocycles. The minimum absolute atomic E-state index is 0.151. The summed E-state index contributed by atoms with van der Waals surface area (Å²) in [5.74, 6) is -13.8. The van der Waals surface area contributed by atoms with Crippen LogP contribution in [-0.2, 0) is 20.5 Å². The minimum Gasteiger partial charge on any atom is -0.503 e. The highest BCUT2D eigenvalue weighted by Crippen LogP contribution is 2.59. The second-order valence-electron chi connectivity index (χ2n) is 9.20. The molecule has 6 rings (SSSR count). The smallest absolute Gasteiger partial charge is 0.346 e. The molecule has 18 heteroatoms. The molecule has 1 N–H and O–H groups in total. The maximum Gasteiger partial charge on any atom is 0.346 e. The van der Waals surface area contributed by atoms with Gasteiger partial charge in [-0.1, -0.05) is 18.2 Å². The largest absolute Gasteiger partial charge is 0.503 e. The summed E-state index contributed by atoms with van der Waals surface area (Å²) in [4.78, 5) is 31.6. The first-order valence-corrected chi connectivity index (χ1v) is 13.2. The number of carbonyl (C=O) groups excluding carboxylic acids is 1. The van der Waals surface area contributed by atoms with Gasteiger partial charge in [-0.3, -0.25) is 20.2 Å². The molecule has 1 unspecified atom stereocenters. The number of aromatic hydroxyl groups is 1. The molecule has 4 aromatic carbocycles. The molecule has 0 saturated heterocycles. The molecule has 2 aliphatic rings. The number of ether oxygens (including phenoxy) is 2. The van der Waals surface area contributed by atoms with Gasteiger partial charge in [-0.25, -0.2) is 13.6 Å². The van der Waals surface area contributed by atoms with E-state index >= 15 is 13.2 Å². The van der Waals surface area contributed by atoms with Gasteiger partial charge in [0.1, 0.15) is 0 Å². The first-order chi connectivity index (χ1) is 20.7. The average Bonchev–Trinajstić information content (AvgIpc) is 3.27. The van der Waals surface area contributed by atoms with Gasteiger partial charge < -0.3 is 18.8 Å². The van der Waals surface area contributed by atoms with Crippen LogP contribution in [0.4, 0.5) is 28.9 Å². The predicted octanol–water partition coefficient (Wildman–Crippen LogP) is 5.10. The lowest BCUT2D eigenvalue weighted by Crippen LogP contribution is -2.34. The Bertz CT molecular complexity index is 2120. The summed E-state index contributed by atoms with van der Waals surface area (Å²) in [6.07, 6.45) is 0. The van der Waals surface area contributed by atoms with Gasteiger partial charge in [0, 0.05) is 11.6 Å². The number of hydrogen-bond donors (Lipinski definition) is 1. The molecular formula is C26H10F4N2O11S. The Morgan fingerprint density at radius 3 is 2.14 bits per heavy atom. The number of benzene rings is 4.